The molecule has 9 nitrogen and oxygen atoms in total. The molecule has 0 saturated carbocycles. The van der Waals surface area contributed by atoms with E-state index in [9.17, 15) is 23.4 Å². The second kappa shape index (κ2) is 26.8. The Morgan fingerprint density at radius 1 is 0.897 bits per heavy atom. The van der Waals surface area contributed by atoms with Crippen LogP contribution in [0.15, 0.2) is 4.99 Å². The van der Waals surface area contributed by atoms with E-state index in [1.165, 1.54) is 83.5 Å². The minimum Gasteiger partial charge on any atom is -0.544 e. The summed E-state index contributed by atoms with van der Waals surface area (Å²) in [5.74, 6) is -0.112. The molecule has 0 aromatic rings. The van der Waals surface area contributed by atoms with Crippen LogP contribution in [0.25, 0.3) is 0 Å². The number of aliphatic carboxylic acids is 1. The molecule has 11 heteroatoms. The molecular formula is C28H58N2NaO7S. The Kier molecular flexibility index (Phi) is 28.2. The van der Waals surface area contributed by atoms with Crippen LogP contribution in [-0.4, -0.2) is 103 Å². The Bertz CT molecular complexity index is 729. The number of carbonyl (C=O) groups is 1. The molecule has 0 fully saturated rings. The van der Waals surface area contributed by atoms with Crippen molar-refractivity contribution in [1.29, 1.82) is 0 Å². The van der Waals surface area contributed by atoms with Crippen molar-refractivity contribution < 1.29 is 38.1 Å². The van der Waals surface area contributed by atoms with Crippen LogP contribution in [0.5, 0.6) is 0 Å². The summed E-state index contributed by atoms with van der Waals surface area (Å²) in [6, 6.07) is 0. The van der Waals surface area contributed by atoms with E-state index in [2.05, 4.69) is 23.0 Å². The first-order chi connectivity index (χ1) is 18.2. The quantitative estimate of drug-likeness (QED) is 0.0721. The van der Waals surface area contributed by atoms with Gasteiger partial charge >= 0.3 is 10.4 Å². The largest absolute Gasteiger partial charge is 0.544 e. The summed E-state index contributed by atoms with van der Waals surface area (Å²) in [4.78, 5) is 15.5. The van der Waals surface area contributed by atoms with Crippen LogP contribution in [-0.2, 0) is 19.4 Å². The van der Waals surface area contributed by atoms with E-state index in [1.54, 1.807) is 0 Å². The maximum atomic E-state index is 11.0. The number of aliphatic hydroxyl groups is 1. The van der Waals surface area contributed by atoms with Crippen molar-refractivity contribution >= 4 is 51.8 Å². The maximum Gasteiger partial charge on any atom is 0.397 e. The van der Waals surface area contributed by atoms with E-state index >= 15 is 0 Å². The molecule has 1 radical (unpaired) electrons. The van der Waals surface area contributed by atoms with Crippen LogP contribution in [0.1, 0.15) is 131 Å². The van der Waals surface area contributed by atoms with E-state index in [1.807, 2.05) is 0 Å². The summed E-state index contributed by atoms with van der Waals surface area (Å²) < 4.78 is 33.3. The van der Waals surface area contributed by atoms with Gasteiger partial charge in [-0.3, -0.25) is 9.04 Å². The number of aliphatic imine (C=N–C) groups is 1. The molecule has 0 aromatic carbocycles. The van der Waals surface area contributed by atoms with Gasteiger partial charge < -0.3 is 15.0 Å². The molecule has 0 spiro atoms. The zero-order chi connectivity index (χ0) is 28.5. The van der Waals surface area contributed by atoms with Crippen molar-refractivity contribution in [2.45, 2.75) is 129 Å². The van der Waals surface area contributed by atoms with Gasteiger partial charge in [0.15, 0.2) is 5.84 Å². The number of amidine groups is 1. The van der Waals surface area contributed by atoms with Crippen molar-refractivity contribution in [3.05, 3.63) is 0 Å². The first-order valence-electron chi connectivity index (χ1n) is 15.0. The molecule has 1 atom stereocenters. The van der Waals surface area contributed by atoms with Crippen molar-refractivity contribution in [3.63, 3.8) is 0 Å². The average Bonchev–Trinajstić information content (AvgIpc) is 3.23. The number of unbranched alkanes of at least 4 members (excludes halogenated alkanes) is 15. The van der Waals surface area contributed by atoms with Crippen LogP contribution in [0, 0.1) is 0 Å². The van der Waals surface area contributed by atoms with Crippen molar-refractivity contribution in [2.24, 2.45) is 4.99 Å². The topological polar surface area (TPSA) is 136 Å². The summed E-state index contributed by atoms with van der Waals surface area (Å²) in [6.07, 6.45) is 21.4. The van der Waals surface area contributed by atoms with Gasteiger partial charge in [0.2, 0.25) is 0 Å². The number of aliphatic hydroxyl groups excluding tert-OH is 1. The zero-order valence-electron chi connectivity index (χ0n) is 25.2. The molecule has 39 heavy (non-hydrogen) atoms. The number of hydrogen-bond donors (Lipinski definition) is 2. The second-order valence-electron chi connectivity index (χ2n) is 10.4. The van der Waals surface area contributed by atoms with E-state index in [4.69, 9.17) is 4.55 Å². The van der Waals surface area contributed by atoms with Gasteiger partial charge in [0.25, 0.3) is 0 Å². The van der Waals surface area contributed by atoms with Crippen LogP contribution in [0.2, 0.25) is 0 Å². The molecule has 0 saturated heterocycles. The van der Waals surface area contributed by atoms with Gasteiger partial charge in [-0.1, -0.05) is 110 Å². The fourth-order valence-corrected chi connectivity index (χ4v) is 5.22. The van der Waals surface area contributed by atoms with Crippen molar-refractivity contribution in [1.82, 2.24) is 0 Å². The second-order valence-corrected chi connectivity index (χ2v) is 11.5. The third-order valence-corrected chi connectivity index (χ3v) is 7.53. The van der Waals surface area contributed by atoms with Crippen molar-refractivity contribution in [3.8, 4) is 0 Å². The minimum absolute atomic E-state index is 0. The Morgan fingerprint density at radius 3 is 1.79 bits per heavy atom. The van der Waals surface area contributed by atoms with Crippen LogP contribution in [0.4, 0.5) is 0 Å². The number of carboxylic acid groups (broad SMARTS) is 1. The fourth-order valence-electron chi connectivity index (χ4n) is 4.89. The smallest absolute Gasteiger partial charge is 0.397 e. The first kappa shape index (κ1) is 41.1. The summed E-state index contributed by atoms with van der Waals surface area (Å²) in [7, 11) is -4.23. The predicted molar refractivity (Wildman–Crippen MR) is 159 cm³/mol. The van der Waals surface area contributed by atoms with Gasteiger partial charge in [-0.2, -0.15) is 8.42 Å². The molecule has 2 N–H and O–H groups in total. The molecule has 1 heterocycles. The van der Waals surface area contributed by atoms with E-state index in [-0.39, 0.29) is 50.7 Å². The van der Waals surface area contributed by atoms with Crippen molar-refractivity contribution in [2.75, 3.05) is 39.4 Å². The summed E-state index contributed by atoms with van der Waals surface area (Å²) in [6.45, 7) is 6.24. The third-order valence-electron chi connectivity index (χ3n) is 7.06. The van der Waals surface area contributed by atoms with E-state index in [0.717, 1.165) is 31.5 Å². The minimum atomic E-state index is -4.23. The van der Waals surface area contributed by atoms with Gasteiger partial charge in [-0.15, -0.1) is 0 Å². The monoisotopic (exact) mass is 589 g/mol. The molecule has 1 aliphatic rings. The number of rotatable bonds is 24. The predicted octanol–water partition coefficient (Wildman–Crippen LogP) is 4.69. The average molecular weight is 590 g/mol. The molecule has 0 aliphatic carbocycles. The molecule has 0 amide bonds. The molecule has 1 rings (SSSR count). The van der Waals surface area contributed by atoms with Gasteiger partial charge in [-0.05, 0) is 12.8 Å². The Balaban J connectivity index is -0.000000666. The number of hydrogen-bond acceptors (Lipinski definition) is 7. The van der Waals surface area contributed by atoms with Gasteiger partial charge in [0.1, 0.15) is 19.6 Å². The Labute approximate surface area is 262 Å². The van der Waals surface area contributed by atoms with Crippen LogP contribution in [0.3, 0.4) is 0 Å². The van der Waals surface area contributed by atoms with Crippen LogP contribution < -0.4 is 5.11 Å². The molecule has 0 aromatic heterocycles. The zero-order valence-corrected chi connectivity index (χ0v) is 28.0. The number of carbonyl (C=O) groups excluding carboxylic acids is 1. The SMILES string of the molecule is CCCCCCCCCC1=NCC[N+]1(CCO)CC(=O)[O-].CCCCCCCCCCCCOS(=O)(=O)O.[HH].[Na]. The van der Waals surface area contributed by atoms with E-state index in [0.29, 0.717) is 30.5 Å². The third kappa shape index (κ3) is 24.3. The Morgan fingerprint density at radius 2 is 1.36 bits per heavy atom. The number of nitrogens with zero attached hydrogens (tertiary/aromatic N) is 2. The van der Waals surface area contributed by atoms with E-state index < -0.39 is 16.4 Å². The molecule has 0 bridgehead atoms. The molecular weight excluding hydrogens is 531 g/mol. The normalized spacial score (nSPS) is 16.8. The summed E-state index contributed by atoms with van der Waals surface area (Å²) >= 11 is 0. The van der Waals surface area contributed by atoms with Gasteiger partial charge in [-0.25, -0.2) is 9.18 Å². The summed E-state index contributed by atoms with van der Waals surface area (Å²) in [5, 5.41) is 20.2. The summed E-state index contributed by atoms with van der Waals surface area (Å²) in [5.41, 5.74) is 0. The number of carboxylic acids is 1. The fraction of sp³-hybridized carbons (Fsp3) is 0.929. The Hall–Kier alpha value is -0.0700. The molecule has 1 aliphatic heterocycles. The molecule has 229 valence electrons. The molecule has 1 unspecified atom stereocenters. The van der Waals surface area contributed by atoms with Crippen LogP contribution >= 0.6 is 0 Å². The van der Waals surface area contributed by atoms with Gasteiger partial charge in [0.05, 0.1) is 25.7 Å². The standard InChI is InChI=1S/C16H30N2O3.C12H26O4S.Na.H2/c1-2-3-4-5-6-7-8-9-15-17-10-11-18(15,12-13-19)14-16(20)21;1-2-3-4-5-6-7-8-9-10-11-12-16-17(13,14)15;;/h19H,2-14H2,1H3;2-12H2,1H3,(H,13,14,15);;1H. The van der Waals surface area contributed by atoms with Gasteiger partial charge in [0, 0.05) is 37.4 Å². The maximum absolute atomic E-state index is 11.0. The number of quaternary nitrogens is 1. The first-order valence-corrected chi connectivity index (χ1v) is 16.4.